The van der Waals surface area contributed by atoms with Crippen LogP contribution < -0.4 is 11.1 Å². The van der Waals surface area contributed by atoms with E-state index in [2.05, 4.69) is 38.2 Å². The fourth-order valence-corrected chi connectivity index (χ4v) is 2.13. The van der Waals surface area contributed by atoms with Crippen molar-refractivity contribution in [3.8, 4) is 0 Å². The minimum atomic E-state index is 0.424. The van der Waals surface area contributed by atoms with E-state index in [0.717, 1.165) is 38.5 Å². The van der Waals surface area contributed by atoms with E-state index in [1.54, 1.807) is 7.11 Å². The Hall–Kier alpha value is -0.160. The molecule has 110 valence electrons. The van der Waals surface area contributed by atoms with Crippen molar-refractivity contribution >= 4 is 0 Å². The normalized spacial score (nSPS) is 15.3. The fourth-order valence-electron chi connectivity index (χ4n) is 2.13. The molecule has 4 heteroatoms. The molecular weight excluding hydrogens is 226 g/mol. The van der Waals surface area contributed by atoms with Gasteiger partial charge in [-0.05, 0) is 45.8 Å². The molecule has 0 bridgehead atoms. The molecule has 0 heterocycles. The summed E-state index contributed by atoms with van der Waals surface area (Å²) in [6.07, 6.45) is 3.36. The van der Waals surface area contributed by atoms with Gasteiger partial charge in [-0.2, -0.15) is 0 Å². The van der Waals surface area contributed by atoms with E-state index >= 15 is 0 Å². The second kappa shape index (κ2) is 10.7. The number of nitrogens with zero attached hydrogens (tertiary/aromatic N) is 1. The second-order valence-electron chi connectivity index (χ2n) is 5.74. The Morgan fingerprint density at radius 1 is 1.28 bits per heavy atom. The van der Waals surface area contributed by atoms with Crippen LogP contribution in [-0.2, 0) is 4.74 Å². The number of nitrogens with one attached hydrogen (secondary N) is 1. The maximum atomic E-state index is 5.57. The molecule has 0 saturated carbocycles. The summed E-state index contributed by atoms with van der Waals surface area (Å²) in [5.74, 6) is 0.726. The zero-order chi connectivity index (χ0) is 14.0. The molecule has 0 saturated heterocycles. The van der Waals surface area contributed by atoms with Crippen molar-refractivity contribution in [2.75, 3.05) is 40.9 Å². The number of nitrogens with two attached hydrogens (primary N) is 1. The average Bonchev–Trinajstić information content (AvgIpc) is 2.30. The van der Waals surface area contributed by atoms with Gasteiger partial charge in [0, 0.05) is 25.7 Å². The summed E-state index contributed by atoms with van der Waals surface area (Å²) in [6.45, 7) is 7.09. The van der Waals surface area contributed by atoms with Gasteiger partial charge in [0.05, 0.1) is 6.61 Å². The number of rotatable bonds is 11. The number of hydrogen-bond donors (Lipinski definition) is 2. The second-order valence-corrected chi connectivity index (χ2v) is 5.74. The van der Waals surface area contributed by atoms with Crippen LogP contribution in [0.25, 0.3) is 0 Å². The Morgan fingerprint density at radius 2 is 1.94 bits per heavy atom. The Kier molecular flexibility index (Phi) is 10.6. The van der Waals surface area contributed by atoms with Crippen LogP contribution in [0.5, 0.6) is 0 Å². The molecule has 0 fully saturated rings. The van der Waals surface area contributed by atoms with Gasteiger partial charge in [-0.1, -0.05) is 13.8 Å². The third kappa shape index (κ3) is 8.86. The van der Waals surface area contributed by atoms with Crippen LogP contribution in [-0.4, -0.2) is 57.9 Å². The van der Waals surface area contributed by atoms with E-state index in [4.69, 9.17) is 10.5 Å². The molecule has 3 N–H and O–H groups in total. The first-order valence-corrected chi connectivity index (χ1v) is 7.10. The summed E-state index contributed by atoms with van der Waals surface area (Å²) in [7, 11) is 6.06. The first-order chi connectivity index (χ1) is 8.51. The van der Waals surface area contributed by atoms with Crippen molar-refractivity contribution < 1.29 is 4.74 Å². The summed E-state index contributed by atoms with van der Waals surface area (Å²) in [5.41, 5.74) is 5.57. The molecule has 0 aromatic heterocycles. The number of methoxy groups -OCH3 is 1. The van der Waals surface area contributed by atoms with E-state index < -0.39 is 0 Å². The van der Waals surface area contributed by atoms with E-state index in [0.29, 0.717) is 12.1 Å². The summed E-state index contributed by atoms with van der Waals surface area (Å²) in [6, 6.07) is 1.01. The molecule has 4 nitrogen and oxygen atoms in total. The summed E-state index contributed by atoms with van der Waals surface area (Å²) in [5, 5.41) is 3.62. The van der Waals surface area contributed by atoms with Gasteiger partial charge in [-0.15, -0.1) is 0 Å². The SMILES string of the molecule is COCC(CCCN)NCC(CC(C)C)N(C)C. The number of hydrogen-bond acceptors (Lipinski definition) is 4. The van der Waals surface area contributed by atoms with Crippen molar-refractivity contribution in [2.45, 2.75) is 45.2 Å². The maximum absolute atomic E-state index is 5.57. The van der Waals surface area contributed by atoms with Crippen molar-refractivity contribution in [3.63, 3.8) is 0 Å². The predicted molar refractivity (Wildman–Crippen MR) is 78.9 cm³/mol. The highest BCUT2D eigenvalue weighted by Crippen LogP contribution is 2.09. The topological polar surface area (TPSA) is 50.5 Å². The molecular formula is C14H33N3O. The fraction of sp³-hybridized carbons (Fsp3) is 1.00. The van der Waals surface area contributed by atoms with E-state index in [-0.39, 0.29) is 0 Å². The zero-order valence-electron chi connectivity index (χ0n) is 12.9. The molecule has 0 rings (SSSR count). The lowest BCUT2D eigenvalue weighted by molar-refractivity contribution is 0.153. The first-order valence-electron chi connectivity index (χ1n) is 7.10. The van der Waals surface area contributed by atoms with Crippen molar-refractivity contribution in [1.82, 2.24) is 10.2 Å². The lowest BCUT2D eigenvalue weighted by atomic mass is 10.0. The van der Waals surface area contributed by atoms with Crippen molar-refractivity contribution in [1.29, 1.82) is 0 Å². The van der Waals surface area contributed by atoms with Crippen molar-refractivity contribution in [3.05, 3.63) is 0 Å². The summed E-state index contributed by atoms with van der Waals surface area (Å²) >= 11 is 0. The van der Waals surface area contributed by atoms with E-state index in [9.17, 15) is 0 Å². The molecule has 0 aliphatic heterocycles. The predicted octanol–water partition coefficient (Wildman–Crippen LogP) is 1.31. The third-order valence-electron chi connectivity index (χ3n) is 3.24. The molecule has 2 atom stereocenters. The quantitative estimate of drug-likeness (QED) is 0.587. The molecule has 0 radical (unpaired) electrons. The van der Waals surface area contributed by atoms with E-state index in [1.807, 2.05) is 0 Å². The highest BCUT2D eigenvalue weighted by atomic mass is 16.5. The Morgan fingerprint density at radius 3 is 2.39 bits per heavy atom. The smallest absolute Gasteiger partial charge is 0.0615 e. The molecule has 0 spiro atoms. The van der Waals surface area contributed by atoms with Crippen LogP contribution >= 0.6 is 0 Å². The molecule has 0 aromatic carbocycles. The molecule has 0 aliphatic carbocycles. The lowest BCUT2D eigenvalue weighted by Crippen LogP contribution is -2.44. The van der Waals surface area contributed by atoms with Gasteiger partial charge in [-0.25, -0.2) is 0 Å². The van der Waals surface area contributed by atoms with E-state index in [1.165, 1.54) is 6.42 Å². The van der Waals surface area contributed by atoms with Crippen LogP contribution in [0.3, 0.4) is 0 Å². The summed E-state index contributed by atoms with van der Waals surface area (Å²) < 4.78 is 5.26. The molecule has 0 aliphatic rings. The minimum absolute atomic E-state index is 0.424. The largest absolute Gasteiger partial charge is 0.383 e. The monoisotopic (exact) mass is 259 g/mol. The molecule has 18 heavy (non-hydrogen) atoms. The average molecular weight is 259 g/mol. The molecule has 0 aromatic rings. The first kappa shape index (κ1) is 17.8. The summed E-state index contributed by atoms with van der Waals surface area (Å²) in [4.78, 5) is 2.31. The molecule has 0 amide bonds. The number of ether oxygens (including phenoxy) is 1. The van der Waals surface area contributed by atoms with Gasteiger partial charge < -0.3 is 20.7 Å². The van der Waals surface area contributed by atoms with Gasteiger partial charge in [-0.3, -0.25) is 0 Å². The van der Waals surface area contributed by atoms with Gasteiger partial charge in [0.15, 0.2) is 0 Å². The van der Waals surface area contributed by atoms with Crippen LogP contribution in [0.4, 0.5) is 0 Å². The van der Waals surface area contributed by atoms with Gasteiger partial charge in [0.25, 0.3) is 0 Å². The highest BCUT2D eigenvalue weighted by Gasteiger charge is 2.15. The van der Waals surface area contributed by atoms with Gasteiger partial charge >= 0.3 is 0 Å². The lowest BCUT2D eigenvalue weighted by Gasteiger charge is -2.28. The standard InChI is InChI=1S/C14H33N3O/c1-12(2)9-14(17(3)4)10-16-13(11-18-5)7-6-8-15/h12-14,16H,6-11,15H2,1-5H3. The number of likely N-dealkylation sites (N-methyl/N-ethyl adjacent to an activating group) is 1. The highest BCUT2D eigenvalue weighted by molar-refractivity contribution is 4.75. The molecule has 2 unspecified atom stereocenters. The maximum Gasteiger partial charge on any atom is 0.0615 e. The third-order valence-corrected chi connectivity index (χ3v) is 3.24. The Bertz CT molecular complexity index is 186. The Balaban J connectivity index is 4.09. The van der Waals surface area contributed by atoms with Crippen molar-refractivity contribution in [2.24, 2.45) is 11.7 Å². The van der Waals surface area contributed by atoms with Crippen LogP contribution in [0.2, 0.25) is 0 Å². The van der Waals surface area contributed by atoms with Gasteiger partial charge in [0.1, 0.15) is 0 Å². The zero-order valence-corrected chi connectivity index (χ0v) is 12.9. The van der Waals surface area contributed by atoms with Crippen LogP contribution in [0.1, 0.15) is 33.1 Å². The van der Waals surface area contributed by atoms with Crippen LogP contribution in [0, 0.1) is 5.92 Å². The van der Waals surface area contributed by atoms with Crippen LogP contribution in [0.15, 0.2) is 0 Å². The van der Waals surface area contributed by atoms with Gasteiger partial charge in [0.2, 0.25) is 0 Å². The Labute approximate surface area is 113 Å². The minimum Gasteiger partial charge on any atom is -0.383 e.